The average molecular weight is 275 g/mol. The molecule has 6 heteroatoms. The van der Waals surface area contributed by atoms with Crippen LogP contribution in [0.5, 0.6) is 5.75 Å². The molecule has 1 amide bonds. The van der Waals surface area contributed by atoms with Crippen molar-refractivity contribution in [2.45, 2.75) is 6.54 Å². The number of carbonyl (C=O) groups excluding carboxylic acids is 1. The fraction of sp³-hybridized carbons (Fsp3) is 0.214. The van der Waals surface area contributed by atoms with Crippen molar-refractivity contribution in [2.75, 3.05) is 19.1 Å². The molecular weight excluding hydrogens is 258 g/mol. The van der Waals surface area contributed by atoms with Crippen LogP contribution in [0.25, 0.3) is 0 Å². The molecule has 20 heavy (non-hydrogen) atoms. The number of furan rings is 1. The van der Waals surface area contributed by atoms with Crippen molar-refractivity contribution in [3.8, 4) is 5.75 Å². The van der Waals surface area contributed by atoms with Gasteiger partial charge in [0.25, 0.3) is 5.91 Å². The number of nitrogens with one attached hydrogen (secondary N) is 1. The molecular formula is C14H17N3O3. The van der Waals surface area contributed by atoms with E-state index < -0.39 is 0 Å². The molecule has 0 atom stereocenters. The van der Waals surface area contributed by atoms with Crippen LogP contribution >= 0.6 is 0 Å². The lowest BCUT2D eigenvalue weighted by atomic mass is 10.2. The molecule has 6 nitrogen and oxygen atoms in total. The van der Waals surface area contributed by atoms with Gasteiger partial charge in [0.1, 0.15) is 11.5 Å². The van der Waals surface area contributed by atoms with Crippen molar-refractivity contribution in [3.63, 3.8) is 0 Å². The van der Waals surface area contributed by atoms with Gasteiger partial charge in [0.15, 0.2) is 0 Å². The summed E-state index contributed by atoms with van der Waals surface area (Å²) in [6.45, 7) is 0.447. The quantitative estimate of drug-likeness (QED) is 0.491. The van der Waals surface area contributed by atoms with E-state index in [9.17, 15) is 4.79 Å². The number of rotatable bonds is 5. The highest BCUT2D eigenvalue weighted by Crippen LogP contribution is 2.22. The minimum atomic E-state index is -0.368. The predicted molar refractivity (Wildman–Crippen MR) is 75.5 cm³/mol. The van der Waals surface area contributed by atoms with E-state index in [-0.39, 0.29) is 5.91 Å². The van der Waals surface area contributed by atoms with Gasteiger partial charge in [-0.1, -0.05) is 6.07 Å². The van der Waals surface area contributed by atoms with Crippen molar-refractivity contribution in [1.82, 2.24) is 5.43 Å². The van der Waals surface area contributed by atoms with E-state index in [1.807, 2.05) is 36.2 Å². The third-order valence-corrected chi connectivity index (χ3v) is 3.00. The Hall–Kier alpha value is -2.47. The largest absolute Gasteiger partial charge is 0.497 e. The smallest absolute Gasteiger partial charge is 0.268 e. The zero-order chi connectivity index (χ0) is 14.5. The number of nitrogens with two attached hydrogens (primary N) is 1. The Morgan fingerprint density at radius 3 is 2.95 bits per heavy atom. The number of carbonyl (C=O) groups is 1. The molecule has 0 radical (unpaired) electrons. The number of anilines is 1. The summed E-state index contributed by atoms with van der Waals surface area (Å²) in [5, 5.41) is 0. The number of hydrogen-bond donors (Lipinski definition) is 2. The summed E-state index contributed by atoms with van der Waals surface area (Å²) in [7, 11) is 3.52. The van der Waals surface area contributed by atoms with E-state index in [1.54, 1.807) is 13.2 Å². The topological polar surface area (TPSA) is 80.7 Å². The maximum atomic E-state index is 11.6. The van der Waals surface area contributed by atoms with Crippen LogP contribution < -0.4 is 20.9 Å². The minimum absolute atomic E-state index is 0.368. The first-order valence-corrected chi connectivity index (χ1v) is 6.08. The average Bonchev–Trinajstić information content (AvgIpc) is 2.94. The van der Waals surface area contributed by atoms with Crippen LogP contribution in [-0.4, -0.2) is 20.1 Å². The molecule has 106 valence electrons. The number of methoxy groups -OCH3 is 1. The first-order valence-electron chi connectivity index (χ1n) is 6.08. The Morgan fingerprint density at radius 2 is 2.25 bits per heavy atom. The van der Waals surface area contributed by atoms with Crippen LogP contribution in [0.15, 0.2) is 41.0 Å². The molecule has 2 aromatic rings. The maximum Gasteiger partial charge on any atom is 0.268 e. The van der Waals surface area contributed by atoms with Gasteiger partial charge < -0.3 is 14.1 Å². The third kappa shape index (κ3) is 2.92. The van der Waals surface area contributed by atoms with Crippen LogP contribution in [0.1, 0.15) is 16.1 Å². The predicted octanol–water partition coefficient (Wildman–Crippen LogP) is 1.53. The highest BCUT2D eigenvalue weighted by molar-refractivity contribution is 5.94. The molecule has 1 aromatic carbocycles. The second-order valence-electron chi connectivity index (χ2n) is 4.29. The van der Waals surface area contributed by atoms with Crippen molar-refractivity contribution in [1.29, 1.82) is 0 Å². The SMILES string of the molecule is COc1cccc(N(C)Cc2occc2C(=O)NN)c1. The molecule has 0 unspecified atom stereocenters. The number of ether oxygens (including phenoxy) is 1. The van der Waals surface area contributed by atoms with Crippen LogP contribution in [-0.2, 0) is 6.54 Å². The van der Waals surface area contributed by atoms with Crippen LogP contribution in [0.3, 0.4) is 0 Å². The number of amides is 1. The van der Waals surface area contributed by atoms with Crippen LogP contribution in [0.2, 0.25) is 0 Å². The van der Waals surface area contributed by atoms with E-state index in [0.717, 1.165) is 11.4 Å². The monoisotopic (exact) mass is 275 g/mol. The Bertz CT molecular complexity index is 595. The van der Waals surface area contributed by atoms with E-state index in [1.165, 1.54) is 6.26 Å². The van der Waals surface area contributed by atoms with Crippen LogP contribution in [0.4, 0.5) is 5.69 Å². The summed E-state index contributed by atoms with van der Waals surface area (Å²) in [6.07, 6.45) is 1.47. The van der Waals surface area contributed by atoms with Gasteiger partial charge in [0.05, 0.1) is 25.5 Å². The van der Waals surface area contributed by atoms with Gasteiger partial charge >= 0.3 is 0 Å². The molecule has 0 fully saturated rings. The molecule has 0 saturated heterocycles. The highest BCUT2D eigenvalue weighted by Gasteiger charge is 2.15. The lowest BCUT2D eigenvalue weighted by Crippen LogP contribution is -2.31. The van der Waals surface area contributed by atoms with Crippen molar-refractivity contribution in [2.24, 2.45) is 5.84 Å². The second-order valence-corrected chi connectivity index (χ2v) is 4.29. The fourth-order valence-electron chi connectivity index (χ4n) is 1.90. The zero-order valence-corrected chi connectivity index (χ0v) is 11.4. The van der Waals surface area contributed by atoms with Gasteiger partial charge in [-0.2, -0.15) is 0 Å². The summed E-state index contributed by atoms with van der Waals surface area (Å²) in [5.41, 5.74) is 3.49. The zero-order valence-electron chi connectivity index (χ0n) is 11.4. The molecule has 1 heterocycles. The van der Waals surface area contributed by atoms with Gasteiger partial charge in [-0.05, 0) is 18.2 Å². The van der Waals surface area contributed by atoms with Crippen molar-refractivity contribution < 1.29 is 13.9 Å². The molecule has 0 aliphatic heterocycles. The summed E-state index contributed by atoms with van der Waals surface area (Å²) in [6, 6.07) is 9.23. The first-order chi connectivity index (χ1) is 9.65. The second kappa shape index (κ2) is 6.12. The Kier molecular flexibility index (Phi) is 4.27. The summed E-state index contributed by atoms with van der Waals surface area (Å²) in [4.78, 5) is 13.5. The van der Waals surface area contributed by atoms with E-state index in [0.29, 0.717) is 17.9 Å². The molecule has 2 rings (SSSR count). The molecule has 0 saturated carbocycles. The Balaban J connectivity index is 2.17. The fourth-order valence-corrected chi connectivity index (χ4v) is 1.90. The first kappa shape index (κ1) is 14.0. The normalized spacial score (nSPS) is 10.2. The van der Waals surface area contributed by atoms with Crippen molar-refractivity contribution in [3.05, 3.63) is 47.9 Å². The summed E-state index contributed by atoms with van der Waals surface area (Å²) in [5.74, 6) is 6.10. The van der Waals surface area contributed by atoms with E-state index in [2.05, 4.69) is 5.43 Å². The molecule has 0 aliphatic carbocycles. The summed E-state index contributed by atoms with van der Waals surface area (Å²) >= 11 is 0. The van der Waals surface area contributed by atoms with E-state index in [4.69, 9.17) is 15.0 Å². The van der Waals surface area contributed by atoms with Crippen molar-refractivity contribution >= 4 is 11.6 Å². The minimum Gasteiger partial charge on any atom is -0.497 e. The van der Waals surface area contributed by atoms with Gasteiger partial charge in [0, 0.05) is 18.8 Å². The van der Waals surface area contributed by atoms with E-state index >= 15 is 0 Å². The molecule has 0 spiro atoms. The molecule has 0 bridgehead atoms. The lowest BCUT2D eigenvalue weighted by Gasteiger charge is -2.19. The Morgan fingerprint density at radius 1 is 1.45 bits per heavy atom. The molecule has 3 N–H and O–H groups in total. The van der Waals surface area contributed by atoms with Gasteiger partial charge in [0.2, 0.25) is 0 Å². The maximum absolute atomic E-state index is 11.6. The molecule has 0 aliphatic rings. The lowest BCUT2D eigenvalue weighted by molar-refractivity contribution is 0.0951. The Labute approximate surface area is 117 Å². The van der Waals surface area contributed by atoms with Gasteiger partial charge in [-0.15, -0.1) is 0 Å². The number of nitrogens with zero attached hydrogens (tertiary/aromatic N) is 1. The number of nitrogen functional groups attached to an aromatic ring is 1. The number of benzene rings is 1. The number of hydrazine groups is 1. The summed E-state index contributed by atoms with van der Waals surface area (Å²) < 4.78 is 10.5. The molecule has 1 aromatic heterocycles. The standard InChI is InChI=1S/C14H17N3O3/c1-17(10-4-3-5-11(8-10)19-2)9-13-12(6-7-20-13)14(18)16-15/h3-8H,9,15H2,1-2H3,(H,16,18). The van der Waals surface area contributed by atoms with Crippen LogP contribution in [0, 0.1) is 0 Å². The van der Waals surface area contributed by atoms with Gasteiger partial charge in [-0.25, -0.2) is 5.84 Å². The highest BCUT2D eigenvalue weighted by atomic mass is 16.5. The van der Waals surface area contributed by atoms with Gasteiger partial charge in [-0.3, -0.25) is 10.2 Å². The number of hydrogen-bond acceptors (Lipinski definition) is 5. The third-order valence-electron chi connectivity index (χ3n) is 3.00.